The number of carbonyl (C=O) groups excluding carboxylic acids is 1. The van der Waals surface area contributed by atoms with Crippen molar-refractivity contribution < 1.29 is 13.9 Å². The molecule has 0 radical (unpaired) electrons. The lowest BCUT2D eigenvalue weighted by Gasteiger charge is -2.17. The van der Waals surface area contributed by atoms with Crippen molar-refractivity contribution in [2.75, 3.05) is 12.4 Å². The number of ether oxygens (including phenoxy) is 1. The second kappa shape index (κ2) is 7.69. The van der Waals surface area contributed by atoms with E-state index in [1.165, 1.54) is 19.2 Å². The van der Waals surface area contributed by atoms with Gasteiger partial charge >= 0.3 is 5.97 Å². The average molecular weight is 253 g/mol. The zero-order chi connectivity index (χ0) is 13.4. The van der Waals surface area contributed by atoms with E-state index in [-0.39, 0.29) is 11.8 Å². The largest absolute Gasteiger partial charge is 0.467 e. The maximum atomic E-state index is 13.1. The number of hydrogen-bond donors (Lipinski definition) is 1. The summed E-state index contributed by atoms with van der Waals surface area (Å²) in [5, 5.41) is 3.01. The van der Waals surface area contributed by atoms with Gasteiger partial charge in [-0.05, 0) is 24.6 Å². The van der Waals surface area contributed by atoms with Gasteiger partial charge in [-0.2, -0.15) is 0 Å². The molecule has 3 nitrogen and oxygen atoms in total. The van der Waals surface area contributed by atoms with E-state index in [1.807, 2.05) is 0 Å². The Morgan fingerprint density at radius 3 is 2.83 bits per heavy atom. The van der Waals surface area contributed by atoms with E-state index in [0.717, 1.165) is 19.3 Å². The molecule has 1 unspecified atom stereocenters. The van der Waals surface area contributed by atoms with Crippen LogP contribution in [0.5, 0.6) is 0 Å². The molecule has 0 aliphatic heterocycles. The third-order valence-corrected chi connectivity index (χ3v) is 2.75. The fraction of sp³-hybridized carbons (Fsp3) is 0.500. The summed E-state index contributed by atoms with van der Waals surface area (Å²) in [5.74, 6) is -0.632. The summed E-state index contributed by atoms with van der Waals surface area (Å²) in [5.41, 5.74) is 0.599. The fourth-order valence-electron chi connectivity index (χ4n) is 1.77. The first kappa shape index (κ1) is 14.5. The number of carbonyl (C=O) groups is 1. The monoisotopic (exact) mass is 253 g/mol. The van der Waals surface area contributed by atoms with Gasteiger partial charge in [-0.3, -0.25) is 0 Å². The van der Waals surface area contributed by atoms with Crippen LogP contribution in [0.1, 0.15) is 32.6 Å². The van der Waals surface area contributed by atoms with Crippen LogP contribution in [-0.2, 0) is 9.53 Å². The number of esters is 1. The van der Waals surface area contributed by atoms with Gasteiger partial charge < -0.3 is 10.1 Å². The Morgan fingerprint density at radius 2 is 2.22 bits per heavy atom. The van der Waals surface area contributed by atoms with Gasteiger partial charge in [-0.15, -0.1) is 0 Å². The molecule has 0 amide bonds. The van der Waals surface area contributed by atoms with Crippen molar-refractivity contribution in [1.82, 2.24) is 0 Å². The predicted molar refractivity (Wildman–Crippen MR) is 70.0 cm³/mol. The van der Waals surface area contributed by atoms with E-state index in [9.17, 15) is 9.18 Å². The van der Waals surface area contributed by atoms with Crippen LogP contribution in [0, 0.1) is 5.82 Å². The van der Waals surface area contributed by atoms with Crippen LogP contribution in [0.3, 0.4) is 0 Å². The number of rotatable bonds is 7. The van der Waals surface area contributed by atoms with E-state index < -0.39 is 6.04 Å². The molecule has 4 heteroatoms. The highest BCUT2D eigenvalue weighted by Gasteiger charge is 2.18. The lowest BCUT2D eigenvalue weighted by Crippen LogP contribution is -2.30. The number of methoxy groups -OCH3 is 1. The second-order valence-corrected chi connectivity index (χ2v) is 4.23. The molecule has 100 valence electrons. The molecule has 1 N–H and O–H groups in total. The lowest BCUT2D eigenvalue weighted by molar-refractivity contribution is -0.141. The van der Waals surface area contributed by atoms with Crippen LogP contribution < -0.4 is 5.32 Å². The third-order valence-electron chi connectivity index (χ3n) is 2.75. The molecular formula is C14H20FNO2. The Labute approximate surface area is 107 Å². The first-order valence-electron chi connectivity index (χ1n) is 6.27. The van der Waals surface area contributed by atoms with Gasteiger partial charge in [0.1, 0.15) is 11.9 Å². The standard InChI is InChI=1S/C14H20FNO2/c1-3-4-5-9-13(14(17)18-2)16-12-8-6-7-11(15)10-12/h6-8,10,13,16H,3-5,9H2,1-2H3. The first-order chi connectivity index (χ1) is 8.67. The molecule has 0 bridgehead atoms. The normalized spacial score (nSPS) is 11.9. The van der Waals surface area contributed by atoms with Gasteiger partial charge in [0.05, 0.1) is 7.11 Å². The quantitative estimate of drug-likeness (QED) is 0.598. The fourth-order valence-corrected chi connectivity index (χ4v) is 1.77. The summed E-state index contributed by atoms with van der Waals surface area (Å²) < 4.78 is 17.8. The van der Waals surface area contributed by atoms with Crippen LogP contribution in [0.25, 0.3) is 0 Å². The first-order valence-corrected chi connectivity index (χ1v) is 6.27. The summed E-state index contributed by atoms with van der Waals surface area (Å²) in [4.78, 5) is 11.6. The molecule has 1 aromatic carbocycles. The van der Waals surface area contributed by atoms with Crippen molar-refractivity contribution in [3.63, 3.8) is 0 Å². The molecule has 0 saturated carbocycles. The summed E-state index contributed by atoms with van der Waals surface area (Å²) in [6.07, 6.45) is 3.79. The SMILES string of the molecule is CCCCCC(Nc1cccc(F)c1)C(=O)OC. The van der Waals surface area contributed by atoms with Crippen LogP contribution in [0.4, 0.5) is 10.1 Å². The van der Waals surface area contributed by atoms with Crippen molar-refractivity contribution in [2.24, 2.45) is 0 Å². The molecule has 0 spiro atoms. The van der Waals surface area contributed by atoms with Crippen LogP contribution in [-0.4, -0.2) is 19.1 Å². The van der Waals surface area contributed by atoms with Gasteiger partial charge in [-0.25, -0.2) is 9.18 Å². The number of nitrogens with one attached hydrogen (secondary N) is 1. The molecule has 0 aliphatic carbocycles. The van der Waals surface area contributed by atoms with Crippen molar-refractivity contribution in [3.05, 3.63) is 30.1 Å². The van der Waals surface area contributed by atoms with Gasteiger partial charge in [0, 0.05) is 5.69 Å². The Morgan fingerprint density at radius 1 is 1.44 bits per heavy atom. The average Bonchev–Trinajstić information content (AvgIpc) is 2.37. The highest BCUT2D eigenvalue weighted by atomic mass is 19.1. The minimum absolute atomic E-state index is 0.310. The summed E-state index contributed by atoms with van der Waals surface area (Å²) in [7, 11) is 1.36. The number of hydrogen-bond acceptors (Lipinski definition) is 3. The Bertz CT molecular complexity index is 382. The van der Waals surface area contributed by atoms with Gasteiger partial charge in [-0.1, -0.05) is 32.3 Å². The van der Waals surface area contributed by atoms with E-state index in [2.05, 4.69) is 12.2 Å². The van der Waals surface area contributed by atoms with Gasteiger partial charge in [0.15, 0.2) is 0 Å². The Hall–Kier alpha value is -1.58. The summed E-state index contributed by atoms with van der Waals surface area (Å²) >= 11 is 0. The van der Waals surface area contributed by atoms with Crippen LogP contribution in [0.2, 0.25) is 0 Å². The predicted octanol–water partition coefficient (Wildman–Crippen LogP) is 3.36. The molecule has 18 heavy (non-hydrogen) atoms. The lowest BCUT2D eigenvalue weighted by atomic mass is 10.1. The molecule has 1 rings (SSSR count). The Kier molecular flexibility index (Phi) is 6.19. The third kappa shape index (κ3) is 4.73. The van der Waals surface area contributed by atoms with E-state index in [0.29, 0.717) is 12.1 Å². The molecule has 0 fully saturated rings. The molecular weight excluding hydrogens is 233 g/mol. The molecule has 0 saturated heterocycles. The minimum atomic E-state index is -0.414. The minimum Gasteiger partial charge on any atom is -0.467 e. The number of halogens is 1. The molecule has 0 aliphatic rings. The highest BCUT2D eigenvalue weighted by Crippen LogP contribution is 2.14. The van der Waals surface area contributed by atoms with E-state index in [1.54, 1.807) is 12.1 Å². The molecule has 1 atom stereocenters. The maximum absolute atomic E-state index is 13.1. The zero-order valence-corrected chi connectivity index (χ0v) is 10.9. The summed E-state index contributed by atoms with van der Waals surface area (Å²) in [6.45, 7) is 2.10. The van der Waals surface area contributed by atoms with E-state index in [4.69, 9.17) is 4.74 Å². The topological polar surface area (TPSA) is 38.3 Å². The Balaban J connectivity index is 2.62. The molecule has 0 aromatic heterocycles. The number of anilines is 1. The van der Waals surface area contributed by atoms with Gasteiger partial charge in [0.25, 0.3) is 0 Å². The summed E-state index contributed by atoms with van der Waals surface area (Å²) in [6, 6.07) is 5.67. The maximum Gasteiger partial charge on any atom is 0.328 e. The number of unbranched alkanes of at least 4 members (excludes halogenated alkanes) is 2. The van der Waals surface area contributed by atoms with Crippen molar-refractivity contribution in [2.45, 2.75) is 38.6 Å². The van der Waals surface area contributed by atoms with Crippen molar-refractivity contribution >= 4 is 11.7 Å². The smallest absolute Gasteiger partial charge is 0.328 e. The highest BCUT2D eigenvalue weighted by molar-refractivity contribution is 5.79. The second-order valence-electron chi connectivity index (χ2n) is 4.23. The van der Waals surface area contributed by atoms with Crippen molar-refractivity contribution in [3.8, 4) is 0 Å². The zero-order valence-electron chi connectivity index (χ0n) is 10.9. The molecule has 0 heterocycles. The van der Waals surface area contributed by atoms with Crippen molar-refractivity contribution in [1.29, 1.82) is 0 Å². The molecule has 1 aromatic rings. The van der Waals surface area contributed by atoms with E-state index >= 15 is 0 Å². The van der Waals surface area contributed by atoms with Crippen LogP contribution >= 0.6 is 0 Å². The van der Waals surface area contributed by atoms with Gasteiger partial charge in [0.2, 0.25) is 0 Å². The van der Waals surface area contributed by atoms with Crippen LogP contribution in [0.15, 0.2) is 24.3 Å². The number of benzene rings is 1.